The predicted octanol–water partition coefficient (Wildman–Crippen LogP) is 2.46. The number of nitrogens with zero attached hydrogens (tertiary/aromatic N) is 3. The van der Waals surface area contributed by atoms with Crippen LogP contribution in [0.5, 0.6) is 0 Å². The van der Waals surface area contributed by atoms with Crippen molar-refractivity contribution in [3.05, 3.63) is 52.7 Å². The first-order chi connectivity index (χ1) is 12.6. The van der Waals surface area contributed by atoms with Crippen LogP contribution in [0, 0.1) is 5.82 Å². The van der Waals surface area contributed by atoms with Gasteiger partial charge >= 0.3 is 0 Å². The van der Waals surface area contributed by atoms with E-state index in [0.717, 1.165) is 12.1 Å². The van der Waals surface area contributed by atoms with Crippen LogP contribution in [0.2, 0.25) is 5.02 Å². The molecular formula is C15H15ClFN7OS. The van der Waals surface area contributed by atoms with Gasteiger partial charge in [0.05, 0.1) is 16.2 Å². The summed E-state index contributed by atoms with van der Waals surface area (Å²) in [4.78, 5) is 16.1. The summed E-state index contributed by atoms with van der Waals surface area (Å²) >= 11 is 6.81. The molecule has 136 valence electrons. The van der Waals surface area contributed by atoms with E-state index in [4.69, 9.17) is 16.7 Å². The molecule has 3 rings (SSSR count). The van der Waals surface area contributed by atoms with Crippen molar-refractivity contribution in [2.45, 2.75) is 6.42 Å². The minimum absolute atomic E-state index is 0.0579. The highest BCUT2D eigenvalue weighted by molar-refractivity contribution is 7.95. The molecule has 11 heteroatoms. The smallest absolute Gasteiger partial charge is 0.178 e. The highest BCUT2D eigenvalue weighted by atomic mass is 35.5. The minimum atomic E-state index is -0.544. The molecule has 8 nitrogen and oxygen atoms in total. The van der Waals surface area contributed by atoms with Crippen molar-refractivity contribution in [1.29, 1.82) is 0 Å². The Kier molecular flexibility index (Phi) is 6.01. The van der Waals surface area contributed by atoms with E-state index in [1.54, 1.807) is 12.3 Å². The number of rotatable bonds is 6. The van der Waals surface area contributed by atoms with E-state index < -0.39 is 5.82 Å². The van der Waals surface area contributed by atoms with Crippen LogP contribution in [-0.4, -0.2) is 32.5 Å². The fraction of sp³-hybridized carbons (Fsp3) is 0.133. The zero-order chi connectivity index (χ0) is 18.5. The lowest BCUT2D eigenvalue weighted by Gasteiger charge is -2.06. The van der Waals surface area contributed by atoms with Gasteiger partial charge in [-0.05, 0) is 24.3 Å². The number of benzene rings is 1. The summed E-state index contributed by atoms with van der Waals surface area (Å²) < 4.78 is 16.2. The summed E-state index contributed by atoms with van der Waals surface area (Å²) in [6.07, 6.45) is 2.17. The summed E-state index contributed by atoms with van der Waals surface area (Å²) in [7, 11) is 0. The maximum Gasteiger partial charge on any atom is 0.178 e. The third-order valence-electron chi connectivity index (χ3n) is 3.49. The Morgan fingerprint density at radius 2 is 2.27 bits per heavy atom. The third kappa shape index (κ3) is 4.11. The van der Waals surface area contributed by atoms with E-state index in [2.05, 4.69) is 30.1 Å². The largest absolute Gasteiger partial charge is 0.340 e. The second-order valence-corrected chi connectivity index (χ2v) is 6.11. The van der Waals surface area contributed by atoms with Crippen molar-refractivity contribution in [1.82, 2.24) is 25.2 Å². The molecule has 2 aromatic heterocycles. The first-order valence-corrected chi connectivity index (χ1v) is 8.74. The van der Waals surface area contributed by atoms with Crippen LogP contribution in [0.15, 0.2) is 35.5 Å². The van der Waals surface area contributed by atoms with Crippen LogP contribution in [-0.2, 0) is 6.42 Å². The number of pyridine rings is 1. The Morgan fingerprint density at radius 3 is 3.00 bits per heavy atom. The molecule has 2 heterocycles. The summed E-state index contributed by atoms with van der Waals surface area (Å²) in [5, 5.41) is 14.8. The number of aliphatic imine (C=N–C) groups is 1. The van der Waals surface area contributed by atoms with Crippen LogP contribution in [0.4, 0.5) is 10.1 Å². The van der Waals surface area contributed by atoms with Crippen LogP contribution < -0.4 is 15.3 Å². The third-order valence-corrected chi connectivity index (χ3v) is 4.15. The predicted molar refractivity (Wildman–Crippen MR) is 99.9 cm³/mol. The molecule has 0 amide bonds. The van der Waals surface area contributed by atoms with Gasteiger partial charge in [-0.1, -0.05) is 11.6 Å². The highest BCUT2D eigenvalue weighted by Gasteiger charge is 2.13. The molecule has 0 radical (unpaired) electrons. The molecule has 0 spiro atoms. The van der Waals surface area contributed by atoms with Crippen molar-refractivity contribution in [3.8, 4) is 0 Å². The number of nitrogens with two attached hydrogens (primary N) is 1. The number of amidine groups is 1. The van der Waals surface area contributed by atoms with E-state index in [0.29, 0.717) is 41.2 Å². The van der Waals surface area contributed by atoms with Gasteiger partial charge in [0.15, 0.2) is 11.5 Å². The first-order valence-electron chi connectivity index (χ1n) is 7.48. The lowest BCUT2D eigenvalue weighted by atomic mass is 10.2. The van der Waals surface area contributed by atoms with Gasteiger partial charge in [0.25, 0.3) is 0 Å². The quantitative estimate of drug-likeness (QED) is 0.143. The van der Waals surface area contributed by atoms with E-state index in [-0.39, 0.29) is 10.9 Å². The molecule has 6 N–H and O–H groups in total. The first kappa shape index (κ1) is 18.5. The molecule has 0 fully saturated rings. The van der Waals surface area contributed by atoms with Gasteiger partial charge in [-0.25, -0.2) is 19.4 Å². The summed E-state index contributed by atoms with van der Waals surface area (Å²) in [6, 6.07) is 5.69. The fourth-order valence-corrected chi connectivity index (χ4v) is 2.73. The Labute approximate surface area is 157 Å². The average Bonchev–Trinajstić information content (AvgIpc) is 3.06. The lowest BCUT2D eigenvalue weighted by molar-refractivity contribution is 0.235. The number of aromatic amines is 1. The summed E-state index contributed by atoms with van der Waals surface area (Å²) in [6.45, 7) is 0.629. The molecule has 0 bridgehead atoms. The highest BCUT2D eigenvalue weighted by Crippen LogP contribution is 2.23. The Hall–Kier alpha value is -2.24. The Bertz CT molecular complexity index is 949. The summed E-state index contributed by atoms with van der Waals surface area (Å²) in [5.41, 5.74) is 4.08. The molecule has 0 aliphatic heterocycles. The minimum Gasteiger partial charge on any atom is -0.340 e. The number of imidazole rings is 1. The number of H-pyrrole nitrogens is 1. The number of hydrogen-bond donors (Lipinski definition) is 5. The molecule has 0 aliphatic carbocycles. The van der Waals surface area contributed by atoms with E-state index in [1.165, 1.54) is 18.2 Å². The number of nitrogens with one attached hydrogen (secondary N) is 3. The SMILES string of the molecule is NSNCCc1nc2nccc(C(=Nc3ccc(F)c(Cl)c3)NO)c2[nH]1. The molecule has 1 aromatic carbocycles. The second kappa shape index (κ2) is 8.43. The van der Waals surface area contributed by atoms with E-state index >= 15 is 0 Å². The van der Waals surface area contributed by atoms with Crippen LogP contribution >= 0.6 is 23.7 Å². The van der Waals surface area contributed by atoms with Gasteiger partial charge in [-0.15, -0.1) is 0 Å². The maximum absolute atomic E-state index is 13.3. The summed E-state index contributed by atoms with van der Waals surface area (Å²) in [5.74, 6) is 0.312. The number of halogens is 2. The number of hydrogen-bond acceptors (Lipinski definition) is 7. The van der Waals surface area contributed by atoms with Gasteiger partial charge in [0, 0.05) is 36.9 Å². The maximum atomic E-state index is 13.3. The van der Waals surface area contributed by atoms with E-state index in [9.17, 15) is 9.60 Å². The normalized spacial score (nSPS) is 11.9. The van der Waals surface area contributed by atoms with Crippen LogP contribution in [0.25, 0.3) is 11.2 Å². The average molecular weight is 396 g/mol. The van der Waals surface area contributed by atoms with Gasteiger partial charge in [-0.2, -0.15) is 0 Å². The van der Waals surface area contributed by atoms with Crippen LogP contribution in [0.1, 0.15) is 11.4 Å². The number of fused-ring (bicyclic) bond motifs is 1. The van der Waals surface area contributed by atoms with Crippen molar-refractivity contribution < 1.29 is 9.60 Å². The Balaban J connectivity index is 1.98. The molecular weight excluding hydrogens is 381 g/mol. The standard InChI is InChI=1S/C15H15ClFN7OS/c16-10-7-8(1-2-11(10)17)21-14(24-25)9-3-5-19-15-13(9)22-12(23-15)4-6-20-26-18/h1-3,5,7,20,25H,4,6,18H2,(H,21,24)(H,19,22,23). The second-order valence-electron chi connectivity index (χ2n) is 5.17. The Morgan fingerprint density at radius 1 is 1.42 bits per heavy atom. The van der Waals surface area contributed by atoms with Gasteiger partial charge in [-0.3, -0.25) is 20.5 Å². The molecule has 0 atom stereocenters. The topological polar surface area (TPSA) is 124 Å². The van der Waals surface area contributed by atoms with Gasteiger partial charge in [0.1, 0.15) is 11.6 Å². The monoisotopic (exact) mass is 395 g/mol. The lowest BCUT2D eigenvalue weighted by Crippen LogP contribution is -2.20. The molecule has 3 aromatic rings. The molecule has 0 saturated carbocycles. The fourth-order valence-electron chi connectivity index (χ4n) is 2.33. The van der Waals surface area contributed by atoms with E-state index in [1.807, 2.05) is 0 Å². The number of hydroxylamine groups is 1. The van der Waals surface area contributed by atoms with Gasteiger partial charge in [0.2, 0.25) is 0 Å². The van der Waals surface area contributed by atoms with Crippen molar-refractivity contribution >= 4 is 46.4 Å². The van der Waals surface area contributed by atoms with Gasteiger partial charge < -0.3 is 4.98 Å². The van der Waals surface area contributed by atoms with Crippen molar-refractivity contribution in [2.75, 3.05) is 6.54 Å². The molecule has 0 aliphatic rings. The molecule has 26 heavy (non-hydrogen) atoms. The number of aromatic nitrogens is 3. The van der Waals surface area contributed by atoms with Crippen LogP contribution in [0.3, 0.4) is 0 Å². The zero-order valence-electron chi connectivity index (χ0n) is 13.3. The van der Waals surface area contributed by atoms with Crippen molar-refractivity contribution in [2.24, 2.45) is 10.1 Å². The van der Waals surface area contributed by atoms with Crippen molar-refractivity contribution in [3.63, 3.8) is 0 Å². The zero-order valence-corrected chi connectivity index (χ0v) is 14.9. The molecule has 0 unspecified atom stereocenters. The molecule has 0 saturated heterocycles.